The number of phenols is 1. The monoisotopic (exact) mass is 291 g/mol. The first-order chi connectivity index (χ1) is 9.88. The summed E-state index contributed by atoms with van der Waals surface area (Å²) in [6.07, 6.45) is 6.01. The zero-order valence-electron chi connectivity index (χ0n) is 14.4. The van der Waals surface area contributed by atoms with Crippen molar-refractivity contribution in [1.82, 2.24) is 0 Å². The molecule has 21 heavy (non-hydrogen) atoms. The number of unbranched alkanes of at least 4 members (excludes halogenated alkanes) is 3. The number of phenolic OH excluding ortho intramolecular Hbond substituents is 1. The molecule has 0 spiro atoms. The van der Waals surface area contributed by atoms with Crippen molar-refractivity contribution in [3.8, 4) is 5.75 Å². The fourth-order valence-electron chi connectivity index (χ4n) is 2.76. The number of aromatic hydroxyl groups is 1. The van der Waals surface area contributed by atoms with Crippen LogP contribution in [0.2, 0.25) is 0 Å². The Kier molecular flexibility index (Phi) is 7.24. The van der Waals surface area contributed by atoms with Gasteiger partial charge in [0.15, 0.2) is 0 Å². The van der Waals surface area contributed by atoms with Gasteiger partial charge in [0.1, 0.15) is 5.75 Å². The molecule has 0 heterocycles. The van der Waals surface area contributed by atoms with Gasteiger partial charge in [-0.15, -0.1) is 0 Å². The topological polar surface area (TPSA) is 46.2 Å². The Bertz CT molecular complexity index is 408. The number of benzene rings is 1. The van der Waals surface area contributed by atoms with Crippen LogP contribution in [0.3, 0.4) is 0 Å². The third-order valence-electron chi connectivity index (χ3n) is 4.23. The lowest BCUT2D eigenvalue weighted by Crippen LogP contribution is -2.12. The lowest BCUT2D eigenvalue weighted by Gasteiger charge is -2.20. The van der Waals surface area contributed by atoms with Gasteiger partial charge < -0.3 is 10.8 Å². The Morgan fingerprint density at radius 2 is 1.48 bits per heavy atom. The molecule has 1 rings (SSSR count). The maximum Gasteiger partial charge on any atom is 0.122 e. The Morgan fingerprint density at radius 1 is 0.952 bits per heavy atom. The molecule has 0 radical (unpaired) electrons. The van der Waals surface area contributed by atoms with Crippen molar-refractivity contribution in [2.75, 3.05) is 0 Å². The average molecular weight is 291 g/mol. The van der Waals surface area contributed by atoms with E-state index in [9.17, 15) is 5.11 Å². The molecule has 1 atom stereocenters. The molecule has 0 aliphatic rings. The first-order valence-electron chi connectivity index (χ1n) is 8.50. The molecule has 0 amide bonds. The normalized spacial score (nSPS) is 13.1. The van der Waals surface area contributed by atoms with Crippen LogP contribution in [0.1, 0.15) is 101 Å². The fourth-order valence-corrected chi connectivity index (χ4v) is 2.76. The Hall–Kier alpha value is -1.02. The summed E-state index contributed by atoms with van der Waals surface area (Å²) in [6, 6.07) is 4.30. The molecular formula is C19H33NO. The highest BCUT2D eigenvalue weighted by Gasteiger charge is 2.17. The largest absolute Gasteiger partial charge is 0.507 e. The summed E-state index contributed by atoms with van der Waals surface area (Å²) < 4.78 is 0. The molecule has 2 nitrogen and oxygen atoms in total. The Balaban J connectivity index is 2.95. The lowest BCUT2D eigenvalue weighted by molar-refractivity contribution is 0.453. The third kappa shape index (κ3) is 5.03. The van der Waals surface area contributed by atoms with Crippen molar-refractivity contribution in [1.29, 1.82) is 0 Å². The van der Waals surface area contributed by atoms with Crippen LogP contribution < -0.4 is 5.73 Å². The molecule has 120 valence electrons. The van der Waals surface area contributed by atoms with E-state index < -0.39 is 0 Å². The molecule has 0 bridgehead atoms. The molecule has 3 N–H and O–H groups in total. The molecule has 0 aromatic heterocycles. The third-order valence-corrected chi connectivity index (χ3v) is 4.23. The van der Waals surface area contributed by atoms with E-state index in [1.807, 2.05) is 0 Å². The van der Waals surface area contributed by atoms with E-state index in [2.05, 4.69) is 46.8 Å². The van der Waals surface area contributed by atoms with E-state index in [0.29, 0.717) is 17.6 Å². The lowest BCUT2D eigenvalue weighted by atomic mass is 9.88. The van der Waals surface area contributed by atoms with Gasteiger partial charge in [-0.2, -0.15) is 0 Å². The summed E-state index contributed by atoms with van der Waals surface area (Å²) >= 11 is 0. The summed E-state index contributed by atoms with van der Waals surface area (Å²) in [5, 5.41) is 10.4. The van der Waals surface area contributed by atoms with Gasteiger partial charge in [0.05, 0.1) is 0 Å². The first kappa shape index (κ1) is 18.0. The van der Waals surface area contributed by atoms with E-state index in [4.69, 9.17) is 5.73 Å². The van der Waals surface area contributed by atoms with E-state index in [-0.39, 0.29) is 6.04 Å². The number of nitrogens with two attached hydrogens (primary N) is 1. The van der Waals surface area contributed by atoms with E-state index >= 15 is 0 Å². The smallest absolute Gasteiger partial charge is 0.122 e. The molecular weight excluding hydrogens is 258 g/mol. The summed E-state index contributed by atoms with van der Waals surface area (Å²) in [4.78, 5) is 0. The van der Waals surface area contributed by atoms with Crippen molar-refractivity contribution >= 4 is 0 Å². The highest BCUT2D eigenvalue weighted by Crippen LogP contribution is 2.36. The van der Waals surface area contributed by atoms with Crippen LogP contribution in [0, 0.1) is 0 Å². The summed E-state index contributed by atoms with van der Waals surface area (Å²) in [6.45, 7) is 10.7. The van der Waals surface area contributed by atoms with Crippen molar-refractivity contribution < 1.29 is 5.11 Å². The minimum atomic E-state index is 0.0810. The standard InChI is InChI=1S/C19H33NO/c1-6-7-8-9-10-18(20)15-11-16(13(2)3)19(21)17(12-15)14(4)5/h11-14,18,21H,6-10,20H2,1-5H3. The van der Waals surface area contributed by atoms with Gasteiger partial charge in [-0.25, -0.2) is 0 Å². The van der Waals surface area contributed by atoms with Crippen molar-refractivity contribution in [3.63, 3.8) is 0 Å². The average Bonchev–Trinajstić information content (AvgIpc) is 2.42. The molecule has 0 saturated carbocycles. The second kappa shape index (κ2) is 8.43. The van der Waals surface area contributed by atoms with Crippen molar-refractivity contribution in [2.24, 2.45) is 5.73 Å². The number of hydrogen-bond acceptors (Lipinski definition) is 2. The van der Waals surface area contributed by atoms with Gasteiger partial charge in [0.25, 0.3) is 0 Å². The highest BCUT2D eigenvalue weighted by atomic mass is 16.3. The molecule has 0 aliphatic heterocycles. The van der Waals surface area contributed by atoms with Crippen LogP contribution in [-0.2, 0) is 0 Å². The maximum atomic E-state index is 10.4. The first-order valence-corrected chi connectivity index (χ1v) is 8.50. The predicted octanol–water partition coefficient (Wildman–Crippen LogP) is 5.61. The van der Waals surface area contributed by atoms with E-state index in [1.54, 1.807) is 0 Å². The predicted molar refractivity (Wildman–Crippen MR) is 92.0 cm³/mol. The maximum absolute atomic E-state index is 10.4. The zero-order valence-corrected chi connectivity index (χ0v) is 14.4. The number of hydrogen-bond donors (Lipinski definition) is 2. The second-order valence-corrected chi connectivity index (χ2v) is 6.81. The van der Waals surface area contributed by atoms with Crippen molar-refractivity contribution in [2.45, 2.75) is 84.6 Å². The summed E-state index contributed by atoms with van der Waals surface area (Å²) in [5.74, 6) is 1.09. The van der Waals surface area contributed by atoms with Gasteiger partial charge in [0.2, 0.25) is 0 Å². The fraction of sp³-hybridized carbons (Fsp3) is 0.684. The Labute approximate surface area is 130 Å². The van der Waals surface area contributed by atoms with Crippen LogP contribution in [0.25, 0.3) is 0 Å². The van der Waals surface area contributed by atoms with Crippen molar-refractivity contribution in [3.05, 3.63) is 28.8 Å². The molecule has 0 aliphatic carbocycles. The summed E-state index contributed by atoms with van der Waals surface area (Å²) in [5.41, 5.74) is 9.62. The van der Waals surface area contributed by atoms with Crippen LogP contribution >= 0.6 is 0 Å². The van der Waals surface area contributed by atoms with Gasteiger partial charge in [-0.3, -0.25) is 0 Å². The molecule has 0 saturated heterocycles. The molecule has 0 fully saturated rings. The second-order valence-electron chi connectivity index (χ2n) is 6.81. The van der Waals surface area contributed by atoms with Gasteiger partial charge in [0, 0.05) is 6.04 Å². The van der Waals surface area contributed by atoms with Crippen LogP contribution in [0.15, 0.2) is 12.1 Å². The SMILES string of the molecule is CCCCCCC(N)c1cc(C(C)C)c(O)c(C(C)C)c1. The molecule has 2 heteroatoms. The van der Waals surface area contributed by atoms with Crippen LogP contribution in [0.4, 0.5) is 0 Å². The van der Waals surface area contributed by atoms with E-state index in [1.165, 1.54) is 31.2 Å². The van der Waals surface area contributed by atoms with Gasteiger partial charge in [-0.05, 0) is 34.9 Å². The minimum Gasteiger partial charge on any atom is -0.507 e. The molecule has 1 aromatic carbocycles. The quantitative estimate of drug-likeness (QED) is 0.611. The van der Waals surface area contributed by atoms with Crippen LogP contribution in [-0.4, -0.2) is 5.11 Å². The van der Waals surface area contributed by atoms with Gasteiger partial charge >= 0.3 is 0 Å². The summed E-state index contributed by atoms with van der Waals surface area (Å²) in [7, 11) is 0. The molecule has 1 aromatic rings. The number of rotatable bonds is 8. The minimum absolute atomic E-state index is 0.0810. The van der Waals surface area contributed by atoms with Crippen LogP contribution in [0.5, 0.6) is 5.75 Å². The zero-order chi connectivity index (χ0) is 16.0. The Morgan fingerprint density at radius 3 is 1.90 bits per heavy atom. The van der Waals surface area contributed by atoms with Gasteiger partial charge in [-0.1, -0.05) is 72.4 Å². The molecule has 1 unspecified atom stereocenters. The highest BCUT2D eigenvalue weighted by molar-refractivity contribution is 5.47. The van der Waals surface area contributed by atoms with E-state index in [0.717, 1.165) is 17.5 Å².